The fraction of sp³-hybridized carbons (Fsp3) is 0.462. The molecule has 1 aliphatic carbocycles. The summed E-state index contributed by atoms with van der Waals surface area (Å²) in [6.45, 7) is 4.00. The molecular weight excluding hydrogens is 497 g/mol. The smallest absolute Gasteiger partial charge is 0.493 e. The summed E-state index contributed by atoms with van der Waals surface area (Å²) in [6.07, 6.45) is -1.48. The fourth-order valence-corrected chi connectivity index (χ4v) is 5.27. The molecule has 4 rings (SSSR count). The van der Waals surface area contributed by atoms with E-state index in [1.807, 2.05) is 6.92 Å². The molecule has 36 heavy (non-hydrogen) atoms. The number of methoxy groups -OCH3 is 1. The van der Waals surface area contributed by atoms with E-state index in [4.69, 9.17) is 30.9 Å². The molecule has 6 nitrogen and oxygen atoms in total. The molecule has 2 atom stereocenters. The second kappa shape index (κ2) is 10.2. The molecule has 0 amide bonds. The van der Waals surface area contributed by atoms with Gasteiger partial charge < -0.3 is 14.3 Å². The third kappa shape index (κ3) is 4.98. The highest BCUT2D eigenvalue weighted by Gasteiger charge is 2.55. The zero-order valence-corrected chi connectivity index (χ0v) is 21.0. The first kappa shape index (κ1) is 26.1. The first-order valence-corrected chi connectivity index (χ1v) is 12.2. The molecule has 1 fully saturated rings. The van der Waals surface area contributed by atoms with Crippen LogP contribution in [0.15, 0.2) is 47.5 Å². The van der Waals surface area contributed by atoms with E-state index in [9.17, 15) is 18.0 Å². The monoisotopic (exact) mass is 524 g/mol. The molecule has 2 aliphatic rings. The fourth-order valence-electron chi connectivity index (χ4n) is 5.15. The van der Waals surface area contributed by atoms with Gasteiger partial charge in [0.25, 0.3) is 0 Å². The Morgan fingerprint density at radius 3 is 2.42 bits per heavy atom. The van der Waals surface area contributed by atoms with Gasteiger partial charge >= 0.3 is 12.1 Å². The normalized spacial score (nSPS) is 22.5. The van der Waals surface area contributed by atoms with E-state index in [-0.39, 0.29) is 11.8 Å². The lowest BCUT2D eigenvalue weighted by atomic mass is 9.77. The second-order valence-electron chi connectivity index (χ2n) is 9.09. The molecule has 0 bridgehead atoms. The molecule has 2 aromatic rings. The summed E-state index contributed by atoms with van der Waals surface area (Å²) in [5.41, 5.74) is 0.150. The van der Waals surface area contributed by atoms with Crippen LogP contribution in [-0.2, 0) is 9.63 Å². The molecule has 0 N–H and O–H groups in total. The summed E-state index contributed by atoms with van der Waals surface area (Å²) >= 11 is 6.10. The van der Waals surface area contributed by atoms with Crippen LogP contribution in [-0.4, -0.2) is 42.3 Å². The van der Waals surface area contributed by atoms with Gasteiger partial charge in [-0.15, -0.1) is 0 Å². The summed E-state index contributed by atoms with van der Waals surface area (Å²) in [6, 6.07) is 10.9. The van der Waals surface area contributed by atoms with Crippen molar-refractivity contribution in [2.45, 2.75) is 57.3 Å². The predicted octanol–water partition coefficient (Wildman–Crippen LogP) is 6.52. The van der Waals surface area contributed by atoms with E-state index in [1.165, 1.54) is 7.11 Å². The van der Waals surface area contributed by atoms with Crippen molar-refractivity contribution in [3.63, 3.8) is 0 Å². The maximum absolute atomic E-state index is 13.4. The molecule has 0 spiro atoms. The molecule has 2 unspecified atom stereocenters. The van der Waals surface area contributed by atoms with Crippen molar-refractivity contribution in [3.8, 4) is 11.5 Å². The minimum Gasteiger partial charge on any atom is -0.497 e. The maximum atomic E-state index is 13.4. The van der Waals surface area contributed by atoms with Crippen molar-refractivity contribution >= 4 is 23.4 Å². The number of hydrogen-bond acceptors (Lipinski definition) is 6. The molecule has 1 aliphatic heterocycles. The molecule has 0 radical (unpaired) electrons. The van der Waals surface area contributed by atoms with Gasteiger partial charge in [0.15, 0.2) is 5.84 Å². The van der Waals surface area contributed by atoms with Gasteiger partial charge in [0.05, 0.1) is 24.8 Å². The number of hydroxylamine groups is 2. The minimum absolute atomic E-state index is 0.0663. The number of ether oxygens (including phenoxy) is 2. The molecular formula is C26H28ClF3N2O4. The van der Waals surface area contributed by atoms with Crippen LogP contribution in [0.5, 0.6) is 11.5 Å². The van der Waals surface area contributed by atoms with Gasteiger partial charge in [-0.25, -0.2) is 4.79 Å². The van der Waals surface area contributed by atoms with Gasteiger partial charge in [-0.1, -0.05) is 36.6 Å². The lowest BCUT2D eigenvalue weighted by molar-refractivity contribution is -0.231. The summed E-state index contributed by atoms with van der Waals surface area (Å²) in [5.74, 6) is -1.30. The number of halogens is 4. The van der Waals surface area contributed by atoms with Crippen molar-refractivity contribution in [2.75, 3.05) is 13.7 Å². The molecule has 0 saturated heterocycles. The summed E-state index contributed by atoms with van der Waals surface area (Å²) in [7, 11) is 1.50. The van der Waals surface area contributed by atoms with Gasteiger partial charge in [0, 0.05) is 11.1 Å². The van der Waals surface area contributed by atoms with Crippen molar-refractivity contribution < 1.29 is 32.3 Å². The highest BCUT2D eigenvalue weighted by molar-refractivity contribution is 6.30. The number of carbonyl (C=O) groups excluding carboxylic acids is 1. The largest absolute Gasteiger partial charge is 0.497 e. The minimum atomic E-state index is -5.19. The Morgan fingerprint density at radius 1 is 1.17 bits per heavy atom. The lowest BCUT2D eigenvalue weighted by Crippen LogP contribution is -2.45. The zero-order valence-electron chi connectivity index (χ0n) is 20.3. The van der Waals surface area contributed by atoms with Crippen molar-refractivity contribution in [2.24, 2.45) is 10.9 Å². The van der Waals surface area contributed by atoms with Gasteiger partial charge in [0.1, 0.15) is 17.5 Å². The maximum Gasteiger partial charge on any atom is 0.493 e. The molecule has 10 heteroatoms. The van der Waals surface area contributed by atoms with Crippen molar-refractivity contribution in [3.05, 3.63) is 58.6 Å². The third-order valence-electron chi connectivity index (χ3n) is 6.85. The number of alkyl halides is 3. The molecule has 0 aromatic heterocycles. The number of benzene rings is 2. The number of hydrogen-bond donors (Lipinski definition) is 0. The average molecular weight is 525 g/mol. The van der Waals surface area contributed by atoms with E-state index in [0.717, 1.165) is 30.7 Å². The number of carbonyl (C=O) groups is 1. The summed E-state index contributed by atoms with van der Waals surface area (Å²) in [4.78, 5) is 22.3. The average Bonchev–Trinajstić information content (AvgIpc) is 3.47. The van der Waals surface area contributed by atoms with E-state index >= 15 is 0 Å². The van der Waals surface area contributed by atoms with Gasteiger partial charge in [-0.3, -0.25) is 4.99 Å². The van der Waals surface area contributed by atoms with E-state index in [1.54, 1.807) is 49.4 Å². The van der Waals surface area contributed by atoms with Crippen LogP contribution >= 0.6 is 11.6 Å². The Kier molecular flexibility index (Phi) is 7.41. The first-order valence-electron chi connectivity index (χ1n) is 11.8. The molecule has 1 saturated carbocycles. The lowest BCUT2D eigenvalue weighted by Gasteiger charge is -2.38. The Labute approximate surface area is 212 Å². The van der Waals surface area contributed by atoms with E-state index in [2.05, 4.69) is 0 Å². The standard InChI is InChI=1S/C26H28ClF3N2O4/c1-4-35-21-15-19(34-3)13-14-20(21)23-31-25(2,17-7-5-6-8-17)22(16-9-11-18(27)12-10-16)32(23)36-24(33)26(28,29)30/h9-15,17,22H,4-8H2,1-3H3. The van der Waals surface area contributed by atoms with Gasteiger partial charge in [-0.2, -0.15) is 18.2 Å². The van der Waals surface area contributed by atoms with Gasteiger partial charge in [0.2, 0.25) is 0 Å². The highest BCUT2D eigenvalue weighted by atomic mass is 35.5. The predicted molar refractivity (Wildman–Crippen MR) is 129 cm³/mol. The van der Waals surface area contributed by atoms with Crippen LogP contribution in [0.1, 0.15) is 56.7 Å². The molecule has 1 heterocycles. The van der Waals surface area contributed by atoms with Crippen LogP contribution in [0.25, 0.3) is 0 Å². The summed E-state index contributed by atoms with van der Waals surface area (Å²) in [5, 5.41) is 1.48. The van der Waals surface area contributed by atoms with Crippen LogP contribution in [0, 0.1) is 5.92 Å². The number of amidine groups is 1. The summed E-state index contributed by atoms with van der Waals surface area (Å²) < 4.78 is 51.3. The Morgan fingerprint density at radius 2 is 1.83 bits per heavy atom. The van der Waals surface area contributed by atoms with Crippen LogP contribution in [0.3, 0.4) is 0 Å². The van der Waals surface area contributed by atoms with Crippen LogP contribution < -0.4 is 9.47 Å². The molecule has 2 aromatic carbocycles. The Balaban J connectivity index is 1.91. The van der Waals surface area contributed by atoms with Crippen molar-refractivity contribution in [1.82, 2.24) is 5.06 Å². The zero-order chi connectivity index (χ0) is 26.1. The van der Waals surface area contributed by atoms with Gasteiger partial charge in [-0.05, 0) is 62.4 Å². The van der Waals surface area contributed by atoms with Crippen LogP contribution in [0.4, 0.5) is 13.2 Å². The van der Waals surface area contributed by atoms with E-state index in [0.29, 0.717) is 34.3 Å². The Hall–Kier alpha value is -2.94. The van der Waals surface area contributed by atoms with Crippen molar-refractivity contribution in [1.29, 1.82) is 0 Å². The van der Waals surface area contributed by atoms with Crippen LogP contribution in [0.2, 0.25) is 5.02 Å². The topological polar surface area (TPSA) is 60.4 Å². The second-order valence-corrected chi connectivity index (χ2v) is 9.53. The highest BCUT2D eigenvalue weighted by Crippen LogP contribution is 2.51. The first-order chi connectivity index (χ1) is 17.1. The number of aliphatic imine (C=N–C) groups is 1. The number of rotatable bonds is 7. The quantitative estimate of drug-likeness (QED) is 0.412. The number of nitrogens with zero attached hydrogens (tertiary/aromatic N) is 2. The third-order valence-corrected chi connectivity index (χ3v) is 7.11. The Bertz CT molecular complexity index is 1130. The van der Waals surface area contributed by atoms with E-state index < -0.39 is 23.7 Å². The molecule has 194 valence electrons. The SMILES string of the molecule is CCOc1cc(OC)ccc1C1=NC(C)(C2CCCC2)C(c2ccc(Cl)cc2)N1OC(=O)C(F)(F)F.